The lowest BCUT2D eigenvalue weighted by molar-refractivity contribution is -0.133. The Hall–Kier alpha value is -3.14. The van der Waals surface area contributed by atoms with E-state index >= 15 is 0 Å². The van der Waals surface area contributed by atoms with Crippen LogP contribution >= 0.6 is 0 Å². The van der Waals surface area contributed by atoms with Crippen molar-refractivity contribution in [1.82, 2.24) is 19.7 Å². The Morgan fingerprint density at radius 3 is 2.79 bits per heavy atom. The van der Waals surface area contributed by atoms with Gasteiger partial charge in [0.25, 0.3) is 0 Å². The summed E-state index contributed by atoms with van der Waals surface area (Å²) in [5.41, 5.74) is 5.86. The van der Waals surface area contributed by atoms with Gasteiger partial charge >= 0.3 is 0 Å². The Balaban J connectivity index is 1.31. The predicted molar refractivity (Wildman–Crippen MR) is 105 cm³/mol. The standard InChI is InChI=1S/C21H22N6O/c1-25-13-16(12-24-25)14-8-18-19(10-14)23-3-2-20(18)26-4-6-27(7-5-26)21(28)17-9-15(17)11-22/h2-3,8,12-13,15,17H,4-7,9-10H2,1H3/t15-,17+/m1/s1. The lowest BCUT2D eigenvalue weighted by atomic mass is 10.1. The van der Waals surface area contributed by atoms with E-state index in [9.17, 15) is 4.79 Å². The molecular formula is C21H22N6O. The van der Waals surface area contributed by atoms with Gasteiger partial charge in [0.1, 0.15) is 0 Å². The Morgan fingerprint density at radius 2 is 2.11 bits per heavy atom. The number of piperazine rings is 1. The Kier molecular flexibility index (Phi) is 3.93. The van der Waals surface area contributed by atoms with Gasteiger partial charge in [-0.1, -0.05) is 0 Å². The van der Waals surface area contributed by atoms with Gasteiger partial charge in [-0.05, 0) is 24.1 Å². The highest BCUT2D eigenvalue weighted by Crippen LogP contribution is 2.40. The summed E-state index contributed by atoms with van der Waals surface area (Å²) in [7, 11) is 1.93. The Bertz CT molecular complexity index is 1010. The maximum absolute atomic E-state index is 12.5. The van der Waals surface area contributed by atoms with E-state index in [0.29, 0.717) is 13.1 Å². The number of carbonyl (C=O) groups is 1. The highest BCUT2D eigenvalue weighted by molar-refractivity contribution is 5.91. The third-order valence-electron chi connectivity index (χ3n) is 6.01. The molecule has 2 aromatic heterocycles. The number of pyridine rings is 1. The molecule has 2 atom stereocenters. The number of aromatic nitrogens is 3. The molecule has 2 aromatic rings. The van der Waals surface area contributed by atoms with E-state index in [-0.39, 0.29) is 17.7 Å². The van der Waals surface area contributed by atoms with Crippen LogP contribution in [-0.2, 0) is 18.3 Å². The number of carbonyl (C=O) groups excluding carboxylic acids is 1. The molecule has 0 N–H and O–H groups in total. The Labute approximate surface area is 163 Å². The molecule has 142 valence electrons. The molecule has 1 saturated heterocycles. The molecule has 0 spiro atoms. The molecule has 7 nitrogen and oxygen atoms in total. The number of aryl methyl sites for hydroxylation is 1. The molecule has 0 radical (unpaired) electrons. The molecule has 1 aliphatic heterocycles. The first-order chi connectivity index (χ1) is 13.6. The van der Waals surface area contributed by atoms with Crippen molar-refractivity contribution < 1.29 is 4.79 Å². The fourth-order valence-corrected chi connectivity index (χ4v) is 4.27. The molecule has 5 rings (SSSR count). The summed E-state index contributed by atoms with van der Waals surface area (Å²) in [6.07, 6.45) is 9.60. The molecule has 2 aliphatic carbocycles. The number of hydrogen-bond acceptors (Lipinski definition) is 5. The molecule has 3 aliphatic rings. The van der Waals surface area contributed by atoms with Gasteiger partial charge in [0.2, 0.25) is 5.91 Å². The van der Waals surface area contributed by atoms with Crippen molar-refractivity contribution in [1.29, 1.82) is 5.26 Å². The van der Waals surface area contributed by atoms with Gasteiger partial charge in [-0.2, -0.15) is 10.4 Å². The maximum atomic E-state index is 12.5. The normalized spacial score (nSPS) is 23.2. The first-order valence-corrected chi connectivity index (χ1v) is 9.75. The second-order valence-corrected chi connectivity index (χ2v) is 7.83. The molecule has 28 heavy (non-hydrogen) atoms. The molecule has 0 bridgehead atoms. The van der Waals surface area contributed by atoms with E-state index in [1.807, 2.05) is 35.2 Å². The number of fused-ring (bicyclic) bond motifs is 1. The number of allylic oxidation sites excluding steroid dienone is 1. The van der Waals surface area contributed by atoms with Crippen molar-refractivity contribution in [2.75, 3.05) is 31.1 Å². The van der Waals surface area contributed by atoms with Crippen molar-refractivity contribution in [2.45, 2.75) is 12.8 Å². The van der Waals surface area contributed by atoms with Gasteiger partial charge in [0, 0.05) is 68.9 Å². The van der Waals surface area contributed by atoms with Gasteiger partial charge in [-0.3, -0.25) is 14.5 Å². The first-order valence-electron chi connectivity index (χ1n) is 9.75. The van der Waals surface area contributed by atoms with E-state index in [0.717, 1.165) is 37.2 Å². The van der Waals surface area contributed by atoms with Crippen molar-refractivity contribution >= 4 is 23.2 Å². The molecular weight excluding hydrogens is 352 g/mol. The number of nitrogens with zero attached hydrogens (tertiary/aromatic N) is 6. The van der Waals surface area contributed by atoms with Gasteiger partial charge in [-0.15, -0.1) is 0 Å². The SMILES string of the molecule is Cn1cc(C2=Cc3c(N4CCN(C(=O)[C@H]5C[C@@H]5C#N)CC4)ccnc3C2)cn1. The lowest BCUT2D eigenvalue weighted by Crippen LogP contribution is -2.49. The Morgan fingerprint density at radius 1 is 1.29 bits per heavy atom. The second-order valence-electron chi connectivity index (χ2n) is 7.83. The van der Waals surface area contributed by atoms with Crippen LogP contribution in [0.2, 0.25) is 0 Å². The number of nitriles is 1. The van der Waals surface area contributed by atoms with Crippen LogP contribution in [0.5, 0.6) is 0 Å². The fourth-order valence-electron chi connectivity index (χ4n) is 4.27. The molecule has 0 unspecified atom stereocenters. The van der Waals surface area contributed by atoms with Crippen LogP contribution in [0.3, 0.4) is 0 Å². The fraction of sp³-hybridized carbons (Fsp3) is 0.429. The zero-order valence-electron chi connectivity index (χ0n) is 15.9. The quantitative estimate of drug-likeness (QED) is 0.817. The minimum absolute atomic E-state index is 0.0632. The summed E-state index contributed by atoms with van der Waals surface area (Å²) in [5.74, 6) is 0.0293. The van der Waals surface area contributed by atoms with Gasteiger partial charge in [0.15, 0.2) is 0 Å². The van der Waals surface area contributed by atoms with E-state index in [4.69, 9.17) is 5.26 Å². The lowest BCUT2D eigenvalue weighted by Gasteiger charge is -2.37. The number of amides is 1. The highest BCUT2D eigenvalue weighted by Gasteiger charge is 2.45. The summed E-state index contributed by atoms with van der Waals surface area (Å²) in [6, 6.07) is 4.29. The number of rotatable bonds is 3. The smallest absolute Gasteiger partial charge is 0.227 e. The summed E-state index contributed by atoms with van der Waals surface area (Å²) in [4.78, 5) is 21.4. The minimum atomic E-state index is -0.0648. The largest absolute Gasteiger partial charge is 0.367 e. The topological polar surface area (TPSA) is 78.0 Å². The molecule has 0 aromatic carbocycles. The van der Waals surface area contributed by atoms with E-state index < -0.39 is 0 Å². The van der Waals surface area contributed by atoms with Gasteiger partial charge in [-0.25, -0.2) is 0 Å². The van der Waals surface area contributed by atoms with Crippen LogP contribution in [-0.4, -0.2) is 51.8 Å². The van der Waals surface area contributed by atoms with Crippen LogP contribution in [0.15, 0.2) is 24.7 Å². The van der Waals surface area contributed by atoms with Crippen LogP contribution < -0.4 is 4.90 Å². The van der Waals surface area contributed by atoms with E-state index in [1.165, 1.54) is 16.8 Å². The van der Waals surface area contributed by atoms with Crippen molar-refractivity contribution in [3.8, 4) is 6.07 Å². The maximum Gasteiger partial charge on any atom is 0.227 e. The van der Waals surface area contributed by atoms with E-state index in [1.54, 1.807) is 0 Å². The van der Waals surface area contributed by atoms with Crippen LogP contribution in [0, 0.1) is 23.2 Å². The molecule has 1 amide bonds. The van der Waals surface area contributed by atoms with E-state index in [2.05, 4.69) is 33.2 Å². The average Bonchev–Trinajstić information content (AvgIpc) is 3.17. The van der Waals surface area contributed by atoms with Crippen molar-refractivity contribution in [3.63, 3.8) is 0 Å². The summed E-state index contributed by atoms with van der Waals surface area (Å²) in [5, 5.41) is 13.2. The zero-order valence-corrected chi connectivity index (χ0v) is 15.9. The minimum Gasteiger partial charge on any atom is -0.367 e. The number of anilines is 1. The van der Waals surface area contributed by atoms with Crippen LogP contribution in [0.1, 0.15) is 23.2 Å². The van der Waals surface area contributed by atoms with Crippen LogP contribution in [0.4, 0.5) is 5.69 Å². The monoisotopic (exact) mass is 374 g/mol. The van der Waals surface area contributed by atoms with Crippen LogP contribution in [0.25, 0.3) is 11.6 Å². The third-order valence-corrected chi connectivity index (χ3v) is 6.01. The van der Waals surface area contributed by atoms with Crippen molar-refractivity contribution in [2.24, 2.45) is 18.9 Å². The summed E-state index contributed by atoms with van der Waals surface area (Å²) in [6.45, 7) is 3.04. The molecule has 1 saturated carbocycles. The predicted octanol–water partition coefficient (Wildman–Crippen LogP) is 1.72. The number of hydrogen-bond donors (Lipinski definition) is 0. The highest BCUT2D eigenvalue weighted by atomic mass is 16.2. The molecule has 3 heterocycles. The average molecular weight is 374 g/mol. The van der Waals surface area contributed by atoms with Gasteiger partial charge in [0.05, 0.1) is 29.8 Å². The summed E-state index contributed by atoms with van der Waals surface area (Å²) < 4.78 is 1.82. The first kappa shape index (κ1) is 17.0. The molecule has 2 fully saturated rings. The molecule has 7 heteroatoms. The van der Waals surface area contributed by atoms with Gasteiger partial charge < -0.3 is 9.80 Å². The second kappa shape index (κ2) is 6.48. The summed E-state index contributed by atoms with van der Waals surface area (Å²) >= 11 is 0. The zero-order chi connectivity index (χ0) is 19.3. The third kappa shape index (κ3) is 2.85. The van der Waals surface area contributed by atoms with Crippen molar-refractivity contribution in [3.05, 3.63) is 41.5 Å².